The third-order valence-corrected chi connectivity index (χ3v) is 10.5. The predicted molar refractivity (Wildman–Crippen MR) is 199 cm³/mol. The summed E-state index contributed by atoms with van der Waals surface area (Å²) in [5.74, 6) is -5.27. The fourth-order valence-electron chi connectivity index (χ4n) is 7.36. The van der Waals surface area contributed by atoms with Crippen LogP contribution in [0, 0.1) is 31.3 Å². The lowest BCUT2D eigenvalue weighted by molar-refractivity contribution is -0.147. The molecule has 6 rings (SSSR count). The number of hydrogen-bond donors (Lipinski definition) is 2. The molecule has 2 bridgehead atoms. The molecule has 0 unspecified atom stereocenters. The minimum atomic E-state index is -1.37. The standard InChI is InChI=1S/C42H46F3N3O8/c1-25-5-12-31(18-26(25)2)54-17-15-48(30-10-11-30)42(53)39-33(19-29-22-47(23-36(39)46-29)37(50)20-32(56-24-49)21-38(51)52)28-8-6-27(7-9-28)4-3-16-55-41-35(44)14-13-34(43)40(41)45/h5-9,12-14,18,24,29-30,32,36,46H,3-4,10-11,15-17,19-23H2,1-2H3,(H,51,52)/t29-,32+,36-/m1/s1. The number of carbonyl (C=O) groups is 4. The van der Waals surface area contributed by atoms with Crippen molar-refractivity contribution in [1.29, 1.82) is 0 Å². The molecule has 1 saturated heterocycles. The predicted octanol–water partition coefficient (Wildman–Crippen LogP) is 5.54. The highest BCUT2D eigenvalue weighted by Crippen LogP contribution is 2.37. The van der Waals surface area contributed by atoms with Crippen LogP contribution < -0.4 is 14.8 Å². The smallest absolute Gasteiger partial charge is 0.307 e. The van der Waals surface area contributed by atoms with Gasteiger partial charge >= 0.3 is 5.97 Å². The van der Waals surface area contributed by atoms with E-state index >= 15 is 0 Å². The summed E-state index contributed by atoms with van der Waals surface area (Å²) in [5, 5.41) is 12.8. The van der Waals surface area contributed by atoms with Crippen LogP contribution in [0.25, 0.3) is 5.57 Å². The summed E-state index contributed by atoms with van der Waals surface area (Å²) >= 11 is 0. The van der Waals surface area contributed by atoms with Gasteiger partial charge in [-0.1, -0.05) is 30.3 Å². The maximum absolute atomic E-state index is 14.7. The van der Waals surface area contributed by atoms with E-state index < -0.39 is 47.7 Å². The first-order valence-electron chi connectivity index (χ1n) is 18.9. The molecule has 1 saturated carbocycles. The molecule has 0 spiro atoms. The second-order valence-corrected chi connectivity index (χ2v) is 14.6. The van der Waals surface area contributed by atoms with Gasteiger partial charge in [-0.05, 0) is 98.0 Å². The average Bonchev–Trinajstić information content (AvgIpc) is 4.01. The van der Waals surface area contributed by atoms with Gasteiger partial charge in [-0.3, -0.25) is 19.2 Å². The van der Waals surface area contributed by atoms with Crippen LogP contribution in [0.2, 0.25) is 0 Å². The first kappa shape index (κ1) is 40.3. The van der Waals surface area contributed by atoms with Crippen LogP contribution >= 0.6 is 0 Å². The number of carbonyl (C=O) groups excluding carboxylic acids is 3. The topological polar surface area (TPSA) is 135 Å². The molecular weight excluding hydrogens is 731 g/mol. The van der Waals surface area contributed by atoms with Gasteiger partial charge in [0.2, 0.25) is 11.7 Å². The van der Waals surface area contributed by atoms with Crippen molar-refractivity contribution in [3.8, 4) is 11.5 Å². The summed E-state index contributed by atoms with van der Waals surface area (Å²) < 4.78 is 57.8. The molecule has 0 radical (unpaired) electrons. The van der Waals surface area contributed by atoms with Crippen molar-refractivity contribution in [2.75, 3.05) is 32.8 Å². The zero-order valence-corrected chi connectivity index (χ0v) is 31.4. The second-order valence-electron chi connectivity index (χ2n) is 14.6. The molecule has 2 heterocycles. The maximum Gasteiger partial charge on any atom is 0.307 e. The summed E-state index contributed by atoms with van der Waals surface area (Å²) in [6, 6.07) is 14.4. The number of piperazine rings is 1. The largest absolute Gasteiger partial charge is 0.492 e. The highest BCUT2D eigenvalue weighted by Gasteiger charge is 2.43. The van der Waals surface area contributed by atoms with Gasteiger partial charge < -0.3 is 34.4 Å². The number of halogens is 3. The van der Waals surface area contributed by atoms with Crippen LogP contribution in [-0.2, 0) is 30.3 Å². The van der Waals surface area contributed by atoms with E-state index in [0.717, 1.165) is 52.5 Å². The first-order valence-corrected chi connectivity index (χ1v) is 18.9. The van der Waals surface area contributed by atoms with Crippen molar-refractivity contribution < 1.29 is 51.7 Å². The molecule has 2 fully saturated rings. The molecule has 2 N–H and O–H groups in total. The van der Waals surface area contributed by atoms with Gasteiger partial charge in [-0.2, -0.15) is 4.39 Å². The number of ether oxygens (including phenoxy) is 3. The summed E-state index contributed by atoms with van der Waals surface area (Å²) in [4.78, 5) is 54.1. The van der Waals surface area contributed by atoms with Gasteiger partial charge in [0.25, 0.3) is 12.4 Å². The van der Waals surface area contributed by atoms with Gasteiger partial charge in [0.15, 0.2) is 17.4 Å². The number of rotatable bonds is 18. The molecular formula is C42H46F3N3O8. The van der Waals surface area contributed by atoms with Crippen molar-refractivity contribution in [3.63, 3.8) is 0 Å². The summed E-state index contributed by atoms with van der Waals surface area (Å²) in [5.41, 5.74) is 5.43. The normalized spacial score (nSPS) is 18.3. The van der Waals surface area contributed by atoms with Gasteiger partial charge in [0.1, 0.15) is 18.5 Å². The van der Waals surface area contributed by atoms with E-state index in [9.17, 15) is 37.5 Å². The Morgan fingerprint density at radius 3 is 2.39 bits per heavy atom. The highest BCUT2D eigenvalue weighted by atomic mass is 19.2. The van der Waals surface area contributed by atoms with Crippen LogP contribution in [-0.4, -0.2) is 96.2 Å². The fourth-order valence-corrected chi connectivity index (χ4v) is 7.36. The Morgan fingerprint density at radius 2 is 1.70 bits per heavy atom. The zero-order chi connectivity index (χ0) is 39.9. The number of hydrogen-bond acceptors (Lipinski definition) is 8. The Morgan fingerprint density at radius 1 is 0.946 bits per heavy atom. The number of carboxylic acids is 1. The summed E-state index contributed by atoms with van der Waals surface area (Å²) in [7, 11) is 0. The van der Waals surface area contributed by atoms with Gasteiger partial charge in [-0.15, -0.1) is 0 Å². The molecule has 3 atom stereocenters. The van der Waals surface area contributed by atoms with Crippen LogP contribution in [0.1, 0.15) is 60.8 Å². The number of nitrogens with one attached hydrogen (secondary N) is 1. The monoisotopic (exact) mass is 777 g/mol. The van der Waals surface area contributed by atoms with Crippen molar-refractivity contribution in [2.45, 2.75) is 83.0 Å². The molecule has 3 aromatic carbocycles. The van der Waals surface area contributed by atoms with Gasteiger partial charge in [-0.25, -0.2) is 8.78 Å². The average molecular weight is 778 g/mol. The van der Waals surface area contributed by atoms with Gasteiger partial charge in [0, 0.05) is 30.7 Å². The number of benzene rings is 3. The van der Waals surface area contributed by atoms with Crippen molar-refractivity contribution in [2.24, 2.45) is 0 Å². The molecule has 3 aliphatic rings. The molecule has 56 heavy (non-hydrogen) atoms. The Hall–Kier alpha value is -5.37. The minimum Gasteiger partial charge on any atom is -0.492 e. The van der Waals surface area contributed by atoms with E-state index in [4.69, 9.17) is 14.2 Å². The van der Waals surface area contributed by atoms with Crippen molar-refractivity contribution in [3.05, 3.63) is 99.9 Å². The highest BCUT2D eigenvalue weighted by molar-refractivity contribution is 6.03. The lowest BCUT2D eigenvalue weighted by atomic mass is 9.82. The molecule has 0 aromatic heterocycles. The zero-order valence-electron chi connectivity index (χ0n) is 31.4. The van der Waals surface area contributed by atoms with E-state index in [0.29, 0.717) is 44.0 Å². The summed E-state index contributed by atoms with van der Waals surface area (Å²) in [6.45, 7) is 5.26. The van der Waals surface area contributed by atoms with Crippen molar-refractivity contribution >= 4 is 29.8 Å². The SMILES string of the molecule is Cc1ccc(OCCN(C(=O)C2=C(c3ccc(CCCOc4c(F)ccc(F)c4F)cc3)C[C@@H]3CN(C(=O)C[C@@H](CC(=O)O)OC=O)C[C@H]2N3)C2CC2)cc1C. The molecule has 3 aromatic rings. The van der Waals surface area contributed by atoms with E-state index in [-0.39, 0.29) is 56.5 Å². The number of aryl methyl sites for hydroxylation is 3. The molecule has 2 aliphatic heterocycles. The number of carboxylic acid groups (broad SMARTS) is 1. The maximum atomic E-state index is 14.7. The van der Waals surface area contributed by atoms with Crippen LogP contribution in [0.3, 0.4) is 0 Å². The van der Waals surface area contributed by atoms with E-state index in [1.165, 1.54) is 0 Å². The second kappa shape index (κ2) is 18.1. The Balaban J connectivity index is 1.21. The third-order valence-electron chi connectivity index (χ3n) is 10.5. The molecule has 298 valence electrons. The van der Waals surface area contributed by atoms with Crippen LogP contribution in [0.15, 0.2) is 60.2 Å². The lowest BCUT2D eigenvalue weighted by Gasteiger charge is -2.45. The third kappa shape index (κ3) is 9.89. The molecule has 11 nitrogen and oxygen atoms in total. The number of nitrogens with zero attached hydrogens (tertiary/aromatic N) is 2. The van der Waals surface area contributed by atoms with Crippen molar-refractivity contribution in [1.82, 2.24) is 15.1 Å². The van der Waals surface area contributed by atoms with E-state index in [1.807, 2.05) is 61.2 Å². The van der Waals surface area contributed by atoms with E-state index in [1.54, 1.807) is 4.90 Å². The first-order chi connectivity index (χ1) is 26.9. The van der Waals surface area contributed by atoms with E-state index in [2.05, 4.69) is 5.32 Å². The number of amides is 2. The number of fused-ring (bicyclic) bond motifs is 2. The minimum absolute atomic E-state index is 0.0321. The Bertz CT molecular complexity index is 1970. The summed E-state index contributed by atoms with van der Waals surface area (Å²) in [6.07, 6.45) is 1.16. The fraction of sp³-hybridized carbons (Fsp3) is 0.429. The van der Waals surface area contributed by atoms with Crippen LogP contribution in [0.4, 0.5) is 13.2 Å². The lowest BCUT2D eigenvalue weighted by Crippen LogP contribution is -2.62. The molecule has 1 aliphatic carbocycles. The molecule has 2 amide bonds. The van der Waals surface area contributed by atoms with Gasteiger partial charge in [0.05, 0.1) is 32.0 Å². The number of aliphatic carboxylic acids is 1. The Labute approximate surface area is 323 Å². The quantitative estimate of drug-likeness (QED) is 0.0971. The van der Waals surface area contributed by atoms with Crippen LogP contribution in [0.5, 0.6) is 11.5 Å². The Kier molecular flexibility index (Phi) is 13.0. The molecule has 14 heteroatoms.